The van der Waals surface area contributed by atoms with Crippen LogP contribution >= 0.6 is 11.6 Å². The lowest BCUT2D eigenvalue weighted by atomic mass is 10.0. The Kier molecular flexibility index (Phi) is 5.99. The van der Waals surface area contributed by atoms with Gasteiger partial charge in [0.25, 0.3) is 0 Å². The molecule has 0 aromatic heterocycles. The molecular formula is C22H19ClO4. The van der Waals surface area contributed by atoms with Gasteiger partial charge in [-0.15, -0.1) is 0 Å². The number of hydrogen-bond acceptors (Lipinski definition) is 3. The van der Waals surface area contributed by atoms with Gasteiger partial charge in [-0.05, 0) is 66.1 Å². The summed E-state index contributed by atoms with van der Waals surface area (Å²) in [6.45, 7) is 2.73. The zero-order valence-electron chi connectivity index (χ0n) is 14.8. The van der Waals surface area contributed by atoms with E-state index in [0.717, 1.165) is 23.3 Å². The van der Waals surface area contributed by atoms with Crippen LogP contribution in [0, 0.1) is 0 Å². The van der Waals surface area contributed by atoms with E-state index < -0.39 is 5.97 Å². The van der Waals surface area contributed by atoms with Gasteiger partial charge in [-0.2, -0.15) is 0 Å². The zero-order valence-corrected chi connectivity index (χ0v) is 15.6. The minimum atomic E-state index is -1.05. The van der Waals surface area contributed by atoms with Crippen LogP contribution < -0.4 is 9.47 Å². The van der Waals surface area contributed by atoms with Crippen molar-refractivity contribution in [2.75, 3.05) is 6.61 Å². The lowest BCUT2D eigenvalue weighted by molar-refractivity contribution is 0.0694. The largest absolute Gasteiger partial charge is 0.494 e. The Labute approximate surface area is 162 Å². The average Bonchev–Trinajstić information content (AvgIpc) is 2.68. The predicted molar refractivity (Wildman–Crippen MR) is 106 cm³/mol. The Morgan fingerprint density at radius 3 is 2.19 bits per heavy atom. The van der Waals surface area contributed by atoms with Gasteiger partial charge < -0.3 is 14.6 Å². The summed E-state index contributed by atoms with van der Waals surface area (Å²) < 4.78 is 11.4. The zero-order chi connectivity index (χ0) is 19.2. The molecule has 3 aromatic rings. The van der Waals surface area contributed by atoms with E-state index in [1.807, 2.05) is 24.3 Å². The number of aromatic carboxylic acids is 1. The molecular weight excluding hydrogens is 364 g/mol. The third-order valence-corrected chi connectivity index (χ3v) is 4.17. The van der Waals surface area contributed by atoms with Crippen molar-refractivity contribution in [2.24, 2.45) is 0 Å². The van der Waals surface area contributed by atoms with Gasteiger partial charge in [-0.3, -0.25) is 0 Å². The first-order valence-electron chi connectivity index (χ1n) is 8.61. The molecule has 0 heterocycles. The molecule has 0 aliphatic heterocycles. The normalized spacial score (nSPS) is 10.4. The molecule has 3 aromatic carbocycles. The molecule has 0 bridgehead atoms. The first kappa shape index (κ1) is 18.8. The second-order valence-electron chi connectivity index (χ2n) is 5.94. The fraction of sp³-hybridized carbons (Fsp3) is 0.136. The Morgan fingerprint density at radius 1 is 0.926 bits per heavy atom. The van der Waals surface area contributed by atoms with Gasteiger partial charge in [0, 0.05) is 5.02 Å². The Bertz CT molecular complexity index is 918. The molecule has 4 nitrogen and oxygen atoms in total. The van der Waals surface area contributed by atoms with Crippen molar-refractivity contribution in [1.82, 2.24) is 0 Å². The van der Waals surface area contributed by atoms with Gasteiger partial charge in [0.1, 0.15) is 22.8 Å². The van der Waals surface area contributed by atoms with Crippen LogP contribution in [-0.2, 0) is 0 Å². The van der Waals surface area contributed by atoms with Crippen molar-refractivity contribution in [3.05, 3.63) is 77.3 Å². The van der Waals surface area contributed by atoms with Gasteiger partial charge in [0.05, 0.1) is 6.61 Å². The van der Waals surface area contributed by atoms with Gasteiger partial charge in [0.15, 0.2) is 0 Å². The average molecular weight is 383 g/mol. The molecule has 0 saturated carbocycles. The van der Waals surface area contributed by atoms with Crippen molar-refractivity contribution in [3.63, 3.8) is 0 Å². The van der Waals surface area contributed by atoms with E-state index in [4.69, 9.17) is 21.1 Å². The standard InChI is InChI=1S/C22H19ClO4/c1-2-13-26-18-8-3-15(4-9-18)16-5-12-20(22(24)25)21(14-16)27-19-10-6-17(23)7-11-19/h3-12,14H,2,13H2,1H3,(H,24,25). The number of carbonyl (C=O) groups is 1. The summed E-state index contributed by atoms with van der Waals surface area (Å²) >= 11 is 5.89. The quantitative estimate of drug-likeness (QED) is 0.522. The number of rotatable bonds is 7. The molecule has 0 aliphatic carbocycles. The van der Waals surface area contributed by atoms with E-state index in [-0.39, 0.29) is 11.3 Å². The van der Waals surface area contributed by atoms with Crippen molar-refractivity contribution >= 4 is 17.6 Å². The van der Waals surface area contributed by atoms with Gasteiger partial charge in [-0.1, -0.05) is 36.7 Å². The van der Waals surface area contributed by atoms with Crippen LogP contribution in [0.4, 0.5) is 0 Å². The molecule has 0 atom stereocenters. The molecule has 0 fully saturated rings. The number of carboxylic acids is 1. The fourth-order valence-corrected chi connectivity index (χ4v) is 2.68. The number of carboxylic acid groups (broad SMARTS) is 1. The molecule has 0 saturated heterocycles. The number of ether oxygens (including phenoxy) is 2. The van der Waals surface area contributed by atoms with Crippen LogP contribution in [0.15, 0.2) is 66.7 Å². The fourth-order valence-electron chi connectivity index (χ4n) is 2.56. The minimum absolute atomic E-state index is 0.0941. The monoisotopic (exact) mass is 382 g/mol. The summed E-state index contributed by atoms with van der Waals surface area (Å²) in [5, 5.41) is 10.0. The highest BCUT2D eigenvalue weighted by Crippen LogP contribution is 2.32. The highest BCUT2D eigenvalue weighted by Gasteiger charge is 2.14. The molecule has 3 rings (SSSR count). The lowest BCUT2D eigenvalue weighted by Gasteiger charge is -2.12. The summed E-state index contributed by atoms with van der Waals surface area (Å²) in [6.07, 6.45) is 0.948. The van der Waals surface area contributed by atoms with Crippen LogP contribution in [0.5, 0.6) is 17.2 Å². The van der Waals surface area contributed by atoms with E-state index in [1.54, 1.807) is 42.5 Å². The summed E-state index contributed by atoms with van der Waals surface area (Å²) in [5.74, 6) is 0.546. The van der Waals surface area contributed by atoms with Crippen LogP contribution in [0.1, 0.15) is 23.7 Å². The van der Waals surface area contributed by atoms with Crippen molar-refractivity contribution in [3.8, 4) is 28.4 Å². The first-order chi connectivity index (χ1) is 13.1. The second-order valence-corrected chi connectivity index (χ2v) is 6.38. The van der Waals surface area contributed by atoms with Gasteiger partial charge >= 0.3 is 5.97 Å². The smallest absolute Gasteiger partial charge is 0.339 e. The molecule has 0 radical (unpaired) electrons. The maximum atomic E-state index is 11.5. The number of hydrogen-bond donors (Lipinski definition) is 1. The lowest BCUT2D eigenvalue weighted by Crippen LogP contribution is -2.00. The molecule has 5 heteroatoms. The molecule has 0 aliphatic rings. The van der Waals surface area contributed by atoms with Crippen LogP contribution in [0.2, 0.25) is 5.02 Å². The SMILES string of the molecule is CCCOc1ccc(-c2ccc(C(=O)O)c(Oc3ccc(Cl)cc3)c2)cc1. The molecule has 138 valence electrons. The highest BCUT2D eigenvalue weighted by atomic mass is 35.5. The minimum Gasteiger partial charge on any atom is -0.494 e. The van der Waals surface area contributed by atoms with Crippen molar-refractivity contribution < 1.29 is 19.4 Å². The Hall–Kier alpha value is -2.98. The van der Waals surface area contributed by atoms with Crippen molar-refractivity contribution in [1.29, 1.82) is 0 Å². The van der Waals surface area contributed by atoms with E-state index in [1.165, 1.54) is 0 Å². The third kappa shape index (κ3) is 4.80. The van der Waals surface area contributed by atoms with E-state index in [0.29, 0.717) is 17.4 Å². The summed E-state index contributed by atoms with van der Waals surface area (Å²) in [4.78, 5) is 11.5. The molecule has 1 N–H and O–H groups in total. The Balaban J connectivity index is 1.90. The van der Waals surface area contributed by atoms with Gasteiger partial charge in [-0.25, -0.2) is 4.79 Å². The maximum Gasteiger partial charge on any atom is 0.339 e. The molecule has 0 amide bonds. The number of halogens is 1. The summed E-state index contributed by atoms with van der Waals surface area (Å²) in [7, 11) is 0. The third-order valence-electron chi connectivity index (χ3n) is 3.91. The van der Waals surface area contributed by atoms with Gasteiger partial charge in [0.2, 0.25) is 0 Å². The predicted octanol–water partition coefficient (Wildman–Crippen LogP) is 6.29. The van der Waals surface area contributed by atoms with E-state index in [2.05, 4.69) is 6.92 Å². The number of benzene rings is 3. The van der Waals surface area contributed by atoms with Crippen LogP contribution in [0.25, 0.3) is 11.1 Å². The molecule has 0 unspecified atom stereocenters. The second kappa shape index (κ2) is 8.60. The van der Waals surface area contributed by atoms with E-state index >= 15 is 0 Å². The molecule has 0 spiro atoms. The van der Waals surface area contributed by atoms with Crippen LogP contribution in [-0.4, -0.2) is 17.7 Å². The summed E-state index contributed by atoms with van der Waals surface area (Å²) in [5.41, 5.74) is 1.89. The van der Waals surface area contributed by atoms with E-state index in [9.17, 15) is 9.90 Å². The maximum absolute atomic E-state index is 11.5. The first-order valence-corrected chi connectivity index (χ1v) is 8.98. The highest BCUT2D eigenvalue weighted by molar-refractivity contribution is 6.30. The van der Waals surface area contributed by atoms with Crippen molar-refractivity contribution in [2.45, 2.75) is 13.3 Å². The summed E-state index contributed by atoms with van der Waals surface area (Å²) in [6, 6.07) is 19.5. The topological polar surface area (TPSA) is 55.8 Å². The Morgan fingerprint density at radius 2 is 1.56 bits per heavy atom. The molecule has 27 heavy (non-hydrogen) atoms. The van der Waals surface area contributed by atoms with Crippen LogP contribution in [0.3, 0.4) is 0 Å².